The molecular weight excluding hydrogens is 254 g/mol. The molecule has 0 aliphatic heterocycles. The molecule has 0 aromatic carbocycles. The predicted octanol–water partition coefficient (Wildman–Crippen LogP) is 2.47. The van der Waals surface area contributed by atoms with Crippen LogP contribution in [-0.2, 0) is 11.3 Å². The number of alkyl carbamates (subject to hydrolysis) is 1. The van der Waals surface area contributed by atoms with Crippen LogP contribution in [0.1, 0.15) is 39.7 Å². The molecule has 1 heterocycles. The molecular formula is C15H25N3O2. The first kappa shape index (κ1) is 16.4. The first-order valence-corrected chi connectivity index (χ1v) is 7.00. The normalized spacial score (nSPS) is 12.8. The van der Waals surface area contributed by atoms with E-state index in [1.807, 2.05) is 46.0 Å². The van der Waals surface area contributed by atoms with Gasteiger partial charge in [-0.15, -0.1) is 0 Å². The van der Waals surface area contributed by atoms with Gasteiger partial charge < -0.3 is 15.4 Å². The van der Waals surface area contributed by atoms with Gasteiger partial charge >= 0.3 is 6.09 Å². The molecule has 0 saturated carbocycles. The summed E-state index contributed by atoms with van der Waals surface area (Å²) in [7, 11) is 0. The van der Waals surface area contributed by atoms with Gasteiger partial charge in [0.1, 0.15) is 5.60 Å². The lowest BCUT2D eigenvalue weighted by atomic mass is 10.2. The van der Waals surface area contributed by atoms with E-state index in [1.165, 1.54) is 0 Å². The van der Waals surface area contributed by atoms with Gasteiger partial charge in [0.15, 0.2) is 0 Å². The van der Waals surface area contributed by atoms with Crippen LogP contribution in [0.3, 0.4) is 0 Å². The Labute approximate surface area is 121 Å². The molecule has 1 aromatic heterocycles. The van der Waals surface area contributed by atoms with Crippen LogP contribution in [0.15, 0.2) is 24.5 Å². The molecule has 0 saturated heterocycles. The Morgan fingerprint density at radius 2 is 2.20 bits per heavy atom. The summed E-state index contributed by atoms with van der Waals surface area (Å²) in [5.41, 5.74) is 0.658. The van der Waals surface area contributed by atoms with Gasteiger partial charge in [0, 0.05) is 31.5 Å². The van der Waals surface area contributed by atoms with E-state index in [9.17, 15) is 4.79 Å². The zero-order chi connectivity index (χ0) is 15.0. The molecule has 112 valence electrons. The Balaban J connectivity index is 2.31. The van der Waals surface area contributed by atoms with E-state index in [4.69, 9.17) is 4.74 Å². The number of ether oxygens (including phenoxy) is 1. The van der Waals surface area contributed by atoms with Crippen molar-refractivity contribution >= 4 is 6.09 Å². The van der Waals surface area contributed by atoms with E-state index in [-0.39, 0.29) is 12.1 Å². The van der Waals surface area contributed by atoms with Crippen molar-refractivity contribution in [2.24, 2.45) is 0 Å². The predicted molar refractivity (Wildman–Crippen MR) is 79.4 cm³/mol. The number of amides is 1. The smallest absolute Gasteiger partial charge is 0.407 e. The number of pyridine rings is 1. The van der Waals surface area contributed by atoms with Crippen LogP contribution in [0.4, 0.5) is 4.79 Å². The van der Waals surface area contributed by atoms with Crippen molar-refractivity contribution < 1.29 is 9.53 Å². The van der Waals surface area contributed by atoms with Crippen molar-refractivity contribution in [1.82, 2.24) is 15.6 Å². The highest BCUT2D eigenvalue weighted by atomic mass is 16.6. The molecule has 1 aromatic rings. The molecule has 20 heavy (non-hydrogen) atoms. The molecule has 1 amide bonds. The third-order valence-electron chi connectivity index (χ3n) is 2.66. The maximum atomic E-state index is 11.7. The van der Waals surface area contributed by atoms with E-state index in [1.54, 1.807) is 6.20 Å². The maximum Gasteiger partial charge on any atom is 0.407 e. The summed E-state index contributed by atoms with van der Waals surface area (Å²) >= 11 is 0. The molecule has 5 nitrogen and oxygen atoms in total. The van der Waals surface area contributed by atoms with Crippen molar-refractivity contribution in [3.63, 3.8) is 0 Å². The van der Waals surface area contributed by atoms with Crippen molar-refractivity contribution in [1.29, 1.82) is 0 Å². The molecule has 5 heteroatoms. The number of nitrogens with one attached hydrogen (secondary N) is 2. The molecule has 0 spiro atoms. The zero-order valence-electron chi connectivity index (χ0n) is 12.8. The van der Waals surface area contributed by atoms with Gasteiger partial charge in [-0.05, 0) is 38.8 Å². The lowest BCUT2D eigenvalue weighted by Crippen LogP contribution is -2.43. The Kier molecular flexibility index (Phi) is 6.45. The number of rotatable bonds is 6. The number of aromatic nitrogens is 1. The van der Waals surface area contributed by atoms with Gasteiger partial charge in [0.05, 0.1) is 0 Å². The van der Waals surface area contributed by atoms with E-state index in [2.05, 4.69) is 15.6 Å². The topological polar surface area (TPSA) is 63.2 Å². The third kappa shape index (κ3) is 7.09. The molecule has 0 bridgehead atoms. The Bertz CT molecular complexity index is 401. The quantitative estimate of drug-likeness (QED) is 0.839. The maximum absolute atomic E-state index is 11.7. The second-order valence-electron chi connectivity index (χ2n) is 5.74. The van der Waals surface area contributed by atoms with Crippen LogP contribution in [0, 0.1) is 0 Å². The summed E-state index contributed by atoms with van der Waals surface area (Å²) in [6.07, 6.45) is 4.06. The molecule has 2 N–H and O–H groups in total. The number of hydrogen-bond donors (Lipinski definition) is 2. The van der Waals surface area contributed by atoms with E-state index in [0.717, 1.165) is 18.5 Å². The Morgan fingerprint density at radius 1 is 1.45 bits per heavy atom. The number of carbonyl (C=O) groups excluding carboxylic acids is 1. The average molecular weight is 279 g/mol. The average Bonchev–Trinajstić information content (AvgIpc) is 2.36. The summed E-state index contributed by atoms with van der Waals surface area (Å²) in [5, 5.41) is 6.18. The molecule has 0 aliphatic rings. The monoisotopic (exact) mass is 279 g/mol. The van der Waals surface area contributed by atoms with E-state index in [0.29, 0.717) is 6.54 Å². The molecule has 0 fully saturated rings. The fourth-order valence-corrected chi connectivity index (χ4v) is 1.67. The van der Waals surface area contributed by atoms with E-state index >= 15 is 0 Å². The van der Waals surface area contributed by atoms with Gasteiger partial charge in [-0.25, -0.2) is 4.79 Å². The first-order valence-electron chi connectivity index (χ1n) is 7.00. The van der Waals surface area contributed by atoms with Gasteiger partial charge in [-0.1, -0.05) is 13.0 Å². The third-order valence-corrected chi connectivity index (χ3v) is 2.66. The Hall–Kier alpha value is -1.62. The highest BCUT2D eigenvalue weighted by Crippen LogP contribution is 2.07. The van der Waals surface area contributed by atoms with Crippen LogP contribution < -0.4 is 10.6 Å². The molecule has 1 rings (SSSR count). The minimum absolute atomic E-state index is 0.0570. The van der Waals surface area contributed by atoms with Crippen LogP contribution in [0.25, 0.3) is 0 Å². The largest absolute Gasteiger partial charge is 0.444 e. The second kappa shape index (κ2) is 7.85. The summed E-state index contributed by atoms with van der Waals surface area (Å²) in [6.45, 7) is 9.04. The molecule has 1 unspecified atom stereocenters. The second-order valence-corrected chi connectivity index (χ2v) is 5.74. The fourth-order valence-electron chi connectivity index (χ4n) is 1.67. The number of carbonyl (C=O) groups is 1. The lowest BCUT2D eigenvalue weighted by Gasteiger charge is -2.23. The number of hydrogen-bond acceptors (Lipinski definition) is 4. The van der Waals surface area contributed by atoms with Gasteiger partial charge in [-0.2, -0.15) is 0 Å². The van der Waals surface area contributed by atoms with Gasteiger partial charge in [0.25, 0.3) is 0 Å². The van der Waals surface area contributed by atoms with Crippen LogP contribution in [0.2, 0.25) is 0 Å². The molecule has 0 aliphatic carbocycles. The minimum Gasteiger partial charge on any atom is -0.444 e. The zero-order valence-corrected chi connectivity index (χ0v) is 12.8. The van der Waals surface area contributed by atoms with Crippen molar-refractivity contribution in [2.75, 3.05) is 6.54 Å². The van der Waals surface area contributed by atoms with Gasteiger partial charge in [-0.3, -0.25) is 4.98 Å². The van der Waals surface area contributed by atoms with Gasteiger partial charge in [0.2, 0.25) is 0 Å². The van der Waals surface area contributed by atoms with Crippen LogP contribution in [0.5, 0.6) is 0 Å². The van der Waals surface area contributed by atoms with E-state index < -0.39 is 5.60 Å². The summed E-state index contributed by atoms with van der Waals surface area (Å²) in [6, 6.07) is 3.98. The van der Waals surface area contributed by atoms with Crippen LogP contribution >= 0.6 is 0 Å². The summed E-state index contributed by atoms with van der Waals surface area (Å²) in [4.78, 5) is 15.8. The summed E-state index contributed by atoms with van der Waals surface area (Å²) in [5.74, 6) is 0. The molecule has 0 radical (unpaired) electrons. The lowest BCUT2D eigenvalue weighted by molar-refractivity contribution is 0.0502. The van der Waals surface area contributed by atoms with Crippen molar-refractivity contribution in [3.8, 4) is 0 Å². The van der Waals surface area contributed by atoms with Crippen molar-refractivity contribution in [3.05, 3.63) is 30.1 Å². The molecule has 1 atom stereocenters. The Morgan fingerprint density at radius 3 is 2.75 bits per heavy atom. The minimum atomic E-state index is -0.467. The number of nitrogens with zero attached hydrogens (tertiary/aromatic N) is 1. The van der Waals surface area contributed by atoms with Crippen molar-refractivity contribution in [2.45, 2.75) is 52.3 Å². The van der Waals surface area contributed by atoms with Crippen LogP contribution in [-0.4, -0.2) is 29.3 Å². The summed E-state index contributed by atoms with van der Waals surface area (Å²) < 4.78 is 5.25. The highest BCUT2D eigenvalue weighted by molar-refractivity contribution is 5.68. The standard InChI is InChI=1S/C15H25N3O2/c1-5-13(18-14(19)20-15(2,3)4)11-17-10-12-7-6-8-16-9-12/h6-9,13,17H,5,10-11H2,1-4H3,(H,18,19). The SMILES string of the molecule is CCC(CNCc1cccnc1)NC(=O)OC(C)(C)C. The fraction of sp³-hybridized carbons (Fsp3) is 0.600. The first-order chi connectivity index (χ1) is 9.40. The highest BCUT2D eigenvalue weighted by Gasteiger charge is 2.18.